The summed E-state index contributed by atoms with van der Waals surface area (Å²) in [7, 11) is 1.75. The molecule has 0 bridgehead atoms. The molecule has 1 atom stereocenters. The third kappa shape index (κ3) is 4.82. The Morgan fingerprint density at radius 3 is 2.41 bits per heavy atom. The Hall–Kier alpha value is -3.16. The number of nitrogens with zero attached hydrogens (tertiary/aromatic N) is 2. The Bertz CT molecular complexity index is 883. The van der Waals surface area contributed by atoms with Crippen molar-refractivity contribution in [2.24, 2.45) is 0 Å². The van der Waals surface area contributed by atoms with Gasteiger partial charge in [-0.25, -0.2) is 4.79 Å². The molecule has 8 heteroatoms. The lowest BCUT2D eigenvalue weighted by Crippen LogP contribution is -2.44. The second kappa shape index (κ2) is 8.89. The van der Waals surface area contributed by atoms with E-state index in [0.717, 1.165) is 25.7 Å². The highest BCUT2D eigenvalue weighted by Gasteiger charge is 2.28. The van der Waals surface area contributed by atoms with Crippen molar-refractivity contribution in [2.45, 2.75) is 51.2 Å². The summed E-state index contributed by atoms with van der Waals surface area (Å²) in [4.78, 5) is 36.9. The molecule has 1 aliphatic carbocycles. The number of hydrogen-bond donors (Lipinski definition) is 0. The maximum absolute atomic E-state index is 12.6. The van der Waals surface area contributed by atoms with Crippen LogP contribution in [0.3, 0.4) is 0 Å². The van der Waals surface area contributed by atoms with E-state index in [1.807, 2.05) is 0 Å². The minimum absolute atomic E-state index is 0.0293. The molecule has 1 amide bonds. The van der Waals surface area contributed by atoms with Crippen LogP contribution < -0.4 is 0 Å². The van der Waals surface area contributed by atoms with Gasteiger partial charge < -0.3 is 14.1 Å². The van der Waals surface area contributed by atoms with Crippen molar-refractivity contribution in [2.75, 3.05) is 7.05 Å². The van der Waals surface area contributed by atoms with Crippen molar-refractivity contribution >= 4 is 17.6 Å². The maximum atomic E-state index is 12.6. The number of likely N-dealkylation sites (N-methyl/N-ethyl adjacent to an activating group) is 1. The molecule has 1 aromatic heterocycles. The third-order valence-electron chi connectivity index (χ3n) is 5.27. The highest BCUT2D eigenvalue weighted by Crippen LogP contribution is 2.26. The number of amides is 1. The van der Waals surface area contributed by atoms with Gasteiger partial charge in [-0.3, -0.25) is 14.9 Å². The molecule has 0 aliphatic heterocycles. The van der Waals surface area contributed by atoms with Gasteiger partial charge in [0.2, 0.25) is 5.76 Å². The highest BCUT2D eigenvalue weighted by atomic mass is 16.6. The molecule has 1 aliphatic rings. The van der Waals surface area contributed by atoms with Crippen LogP contribution >= 0.6 is 0 Å². The summed E-state index contributed by atoms with van der Waals surface area (Å²) in [6, 6.07) is 9.03. The number of nitro groups is 1. The number of carbonyl (C=O) groups excluding carboxylic acids is 2. The first-order chi connectivity index (χ1) is 13.9. The van der Waals surface area contributed by atoms with E-state index in [1.54, 1.807) is 24.9 Å². The fraction of sp³-hybridized carbons (Fsp3) is 0.429. The second-order valence-corrected chi connectivity index (χ2v) is 7.26. The topological polar surface area (TPSA) is 103 Å². The van der Waals surface area contributed by atoms with E-state index in [-0.39, 0.29) is 23.4 Å². The zero-order valence-corrected chi connectivity index (χ0v) is 16.5. The van der Waals surface area contributed by atoms with Crippen LogP contribution in [0.5, 0.6) is 0 Å². The summed E-state index contributed by atoms with van der Waals surface area (Å²) < 4.78 is 10.8. The van der Waals surface area contributed by atoms with Gasteiger partial charge in [-0.15, -0.1) is 0 Å². The largest absolute Gasteiger partial charge is 0.449 e. The first-order valence-corrected chi connectivity index (χ1v) is 9.69. The number of esters is 1. The second-order valence-electron chi connectivity index (χ2n) is 7.26. The van der Waals surface area contributed by atoms with Crippen LogP contribution in [0.2, 0.25) is 0 Å². The molecule has 0 unspecified atom stereocenters. The van der Waals surface area contributed by atoms with E-state index in [9.17, 15) is 19.7 Å². The smallest absolute Gasteiger partial charge is 0.375 e. The normalized spacial score (nSPS) is 15.5. The molecule has 29 heavy (non-hydrogen) atoms. The Kier molecular flexibility index (Phi) is 6.31. The minimum atomic E-state index is -0.914. The zero-order chi connectivity index (χ0) is 21.0. The van der Waals surface area contributed by atoms with Crippen LogP contribution in [0.4, 0.5) is 5.69 Å². The van der Waals surface area contributed by atoms with E-state index in [0.29, 0.717) is 11.3 Å². The van der Waals surface area contributed by atoms with Crippen LogP contribution in [0.25, 0.3) is 11.3 Å². The monoisotopic (exact) mass is 400 g/mol. The summed E-state index contributed by atoms with van der Waals surface area (Å²) in [6.45, 7) is 1.56. The van der Waals surface area contributed by atoms with Gasteiger partial charge in [-0.2, -0.15) is 0 Å². The van der Waals surface area contributed by atoms with Gasteiger partial charge >= 0.3 is 5.97 Å². The lowest BCUT2D eigenvalue weighted by Gasteiger charge is -2.32. The average Bonchev–Trinajstić information content (AvgIpc) is 3.23. The number of furan rings is 1. The zero-order valence-electron chi connectivity index (χ0n) is 16.5. The van der Waals surface area contributed by atoms with Gasteiger partial charge in [0.25, 0.3) is 11.6 Å². The van der Waals surface area contributed by atoms with E-state index in [2.05, 4.69) is 0 Å². The van der Waals surface area contributed by atoms with Crippen LogP contribution in [-0.4, -0.2) is 40.9 Å². The number of nitro benzene ring substituents is 1. The van der Waals surface area contributed by atoms with Gasteiger partial charge in [0.15, 0.2) is 6.10 Å². The van der Waals surface area contributed by atoms with Gasteiger partial charge in [0.1, 0.15) is 5.76 Å². The molecule has 0 spiro atoms. The van der Waals surface area contributed by atoms with Crippen molar-refractivity contribution in [1.29, 1.82) is 0 Å². The SMILES string of the molecule is C[C@H](OC(=O)c1ccc(-c2ccc([N+](=O)[O-])cc2)o1)C(=O)N(C)C1CCCCC1. The Labute approximate surface area is 168 Å². The van der Waals surface area contributed by atoms with E-state index in [4.69, 9.17) is 9.15 Å². The molecule has 8 nitrogen and oxygen atoms in total. The molecule has 1 aromatic carbocycles. The number of ether oxygens (including phenoxy) is 1. The third-order valence-corrected chi connectivity index (χ3v) is 5.27. The molecule has 0 N–H and O–H groups in total. The fourth-order valence-corrected chi connectivity index (χ4v) is 3.55. The predicted molar refractivity (Wildman–Crippen MR) is 105 cm³/mol. The quantitative estimate of drug-likeness (QED) is 0.409. The lowest BCUT2D eigenvalue weighted by molar-refractivity contribution is -0.384. The molecule has 2 aromatic rings. The predicted octanol–water partition coefficient (Wildman–Crippen LogP) is 4.19. The summed E-state index contributed by atoms with van der Waals surface area (Å²) >= 11 is 0. The Balaban J connectivity index is 1.62. The molecule has 154 valence electrons. The van der Waals surface area contributed by atoms with Crippen LogP contribution in [0, 0.1) is 10.1 Å². The maximum Gasteiger partial charge on any atom is 0.375 e. The van der Waals surface area contributed by atoms with Gasteiger partial charge in [-0.1, -0.05) is 19.3 Å². The van der Waals surface area contributed by atoms with Crippen LogP contribution in [-0.2, 0) is 9.53 Å². The molecule has 0 saturated heterocycles. The van der Waals surface area contributed by atoms with Crippen LogP contribution in [0.15, 0.2) is 40.8 Å². The lowest BCUT2D eigenvalue weighted by atomic mass is 9.94. The van der Waals surface area contributed by atoms with Crippen molar-refractivity contribution in [1.82, 2.24) is 4.90 Å². The number of rotatable bonds is 6. The first kappa shape index (κ1) is 20.6. The Morgan fingerprint density at radius 1 is 1.14 bits per heavy atom. The summed E-state index contributed by atoms with van der Waals surface area (Å²) in [5.41, 5.74) is 0.560. The standard InChI is InChI=1S/C21H24N2O6/c1-14(20(24)22(2)16-6-4-3-5-7-16)28-21(25)19-13-12-18(29-19)15-8-10-17(11-9-15)23(26)27/h8-14,16H,3-7H2,1-2H3/t14-/m0/s1. The van der Waals surface area contributed by atoms with Gasteiger partial charge in [0.05, 0.1) is 4.92 Å². The molecule has 1 heterocycles. The van der Waals surface area contributed by atoms with Gasteiger partial charge in [-0.05, 0) is 44.0 Å². The van der Waals surface area contributed by atoms with Gasteiger partial charge in [0, 0.05) is 30.8 Å². The Morgan fingerprint density at radius 2 is 1.79 bits per heavy atom. The van der Waals surface area contributed by atoms with E-state index >= 15 is 0 Å². The summed E-state index contributed by atoms with van der Waals surface area (Å²) in [6.07, 6.45) is 4.43. The molecule has 1 fully saturated rings. The number of carbonyl (C=O) groups is 2. The van der Waals surface area contributed by atoms with Crippen LogP contribution in [0.1, 0.15) is 49.6 Å². The van der Waals surface area contributed by atoms with E-state index in [1.165, 1.54) is 36.8 Å². The number of benzene rings is 1. The highest BCUT2D eigenvalue weighted by molar-refractivity contribution is 5.90. The fourth-order valence-electron chi connectivity index (χ4n) is 3.55. The van der Waals surface area contributed by atoms with E-state index < -0.39 is 17.0 Å². The number of hydrogen-bond acceptors (Lipinski definition) is 6. The molecular formula is C21H24N2O6. The van der Waals surface area contributed by atoms with Crippen molar-refractivity contribution in [3.05, 3.63) is 52.3 Å². The average molecular weight is 400 g/mol. The summed E-state index contributed by atoms with van der Waals surface area (Å²) in [5.74, 6) is -0.605. The molecule has 0 radical (unpaired) electrons. The summed E-state index contributed by atoms with van der Waals surface area (Å²) in [5, 5.41) is 10.7. The van der Waals surface area contributed by atoms with Crippen molar-refractivity contribution < 1.29 is 23.7 Å². The molecule has 3 rings (SSSR count). The minimum Gasteiger partial charge on any atom is -0.449 e. The van der Waals surface area contributed by atoms with Crippen molar-refractivity contribution in [3.63, 3.8) is 0 Å². The van der Waals surface area contributed by atoms with Crippen molar-refractivity contribution in [3.8, 4) is 11.3 Å². The number of non-ortho nitro benzene ring substituents is 1. The molecular weight excluding hydrogens is 376 g/mol. The molecule has 1 saturated carbocycles. The first-order valence-electron chi connectivity index (χ1n) is 9.69.